The van der Waals surface area contributed by atoms with Gasteiger partial charge in [-0.05, 0) is 30.9 Å². The van der Waals surface area contributed by atoms with Gasteiger partial charge in [0, 0.05) is 5.69 Å². The summed E-state index contributed by atoms with van der Waals surface area (Å²) in [6.07, 6.45) is 11.1. The maximum atomic E-state index is 13.3. The van der Waals surface area contributed by atoms with E-state index >= 15 is 0 Å². The van der Waals surface area contributed by atoms with E-state index in [-0.39, 0.29) is 5.69 Å². The predicted octanol–water partition coefficient (Wildman–Crippen LogP) is 3.93. The first-order valence-corrected chi connectivity index (χ1v) is 7.12. The van der Waals surface area contributed by atoms with Crippen LogP contribution >= 0.6 is 0 Å². The Morgan fingerprint density at radius 1 is 1.32 bits per heavy atom. The standard InChI is InChI=1S/C15H21FN2O/c16-14-10-9-13(18-15(14)11-17-19)8-4-7-12-5-2-1-3-6-12/h9-12,19H,1-8H2/b17-11-. The minimum Gasteiger partial charge on any atom is -0.411 e. The maximum Gasteiger partial charge on any atom is 0.150 e. The van der Waals surface area contributed by atoms with Crippen molar-refractivity contribution in [2.24, 2.45) is 11.1 Å². The minimum atomic E-state index is -0.450. The van der Waals surface area contributed by atoms with Gasteiger partial charge in [0.2, 0.25) is 0 Å². The summed E-state index contributed by atoms with van der Waals surface area (Å²) in [6.45, 7) is 0. The van der Waals surface area contributed by atoms with Crippen molar-refractivity contribution >= 4 is 6.21 Å². The van der Waals surface area contributed by atoms with Crippen LogP contribution in [-0.2, 0) is 6.42 Å². The Morgan fingerprint density at radius 3 is 2.84 bits per heavy atom. The zero-order chi connectivity index (χ0) is 13.5. The van der Waals surface area contributed by atoms with E-state index in [1.807, 2.05) is 0 Å². The van der Waals surface area contributed by atoms with Gasteiger partial charge in [0.05, 0.1) is 6.21 Å². The molecule has 1 aliphatic carbocycles. The summed E-state index contributed by atoms with van der Waals surface area (Å²) in [5.74, 6) is 0.418. The summed E-state index contributed by atoms with van der Waals surface area (Å²) in [7, 11) is 0. The lowest BCUT2D eigenvalue weighted by Crippen LogP contribution is -2.07. The van der Waals surface area contributed by atoms with Crippen LogP contribution in [0, 0.1) is 11.7 Å². The molecule has 0 spiro atoms. The SMILES string of the molecule is O/N=C\c1nc(CCCC2CCCCC2)ccc1F. The second kappa shape index (κ2) is 7.22. The lowest BCUT2D eigenvalue weighted by atomic mass is 9.85. The van der Waals surface area contributed by atoms with Crippen molar-refractivity contribution in [2.45, 2.75) is 51.4 Å². The third-order valence-electron chi connectivity index (χ3n) is 3.88. The largest absolute Gasteiger partial charge is 0.411 e. The first-order valence-electron chi connectivity index (χ1n) is 7.12. The average molecular weight is 264 g/mol. The monoisotopic (exact) mass is 264 g/mol. The molecule has 3 nitrogen and oxygen atoms in total. The van der Waals surface area contributed by atoms with Gasteiger partial charge in [0.15, 0.2) is 5.82 Å². The first-order chi connectivity index (χ1) is 9.29. The van der Waals surface area contributed by atoms with Crippen molar-refractivity contribution in [3.8, 4) is 0 Å². The summed E-state index contributed by atoms with van der Waals surface area (Å²) in [6, 6.07) is 3.10. The number of halogens is 1. The second-order valence-electron chi connectivity index (χ2n) is 5.31. The van der Waals surface area contributed by atoms with Crippen LogP contribution < -0.4 is 0 Å². The summed E-state index contributed by atoms with van der Waals surface area (Å²) >= 11 is 0. The van der Waals surface area contributed by atoms with E-state index in [2.05, 4.69) is 10.1 Å². The normalized spacial score (nSPS) is 17.1. The first kappa shape index (κ1) is 14.0. The van der Waals surface area contributed by atoms with Crippen LogP contribution in [0.25, 0.3) is 0 Å². The maximum absolute atomic E-state index is 13.3. The van der Waals surface area contributed by atoms with Crippen molar-refractivity contribution < 1.29 is 9.60 Å². The fourth-order valence-electron chi connectivity index (χ4n) is 2.83. The highest BCUT2D eigenvalue weighted by atomic mass is 19.1. The Kier molecular flexibility index (Phi) is 5.31. The molecule has 1 aromatic heterocycles. The molecule has 0 aromatic carbocycles. The number of aromatic nitrogens is 1. The number of aryl methyl sites for hydroxylation is 1. The molecule has 19 heavy (non-hydrogen) atoms. The molecule has 0 radical (unpaired) electrons. The van der Waals surface area contributed by atoms with Gasteiger partial charge in [-0.2, -0.15) is 0 Å². The molecule has 1 N–H and O–H groups in total. The van der Waals surface area contributed by atoms with Crippen molar-refractivity contribution in [3.05, 3.63) is 29.3 Å². The van der Waals surface area contributed by atoms with Gasteiger partial charge < -0.3 is 5.21 Å². The van der Waals surface area contributed by atoms with Crippen LogP contribution in [0.15, 0.2) is 17.3 Å². The molecule has 1 saturated carbocycles. The molecular formula is C15H21FN2O. The average Bonchev–Trinajstić information content (AvgIpc) is 2.44. The number of nitrogens with zero attached hydrogens (tertiary/aromatic N) is 2. The molecule has 0 aliphatic heterocycles. The van der Waals surface area contributed by atoms with Crippen LogP contribution in [-0.4, -0.2) is 16.4 Å². The van der Waals surface area contributed by atoms with Crippen LogP contribution in [0.4, 0.5) is 4.39 Å². The Bertz CT molecular complexity index is 428. The number of pyridine rings is 1. The molecule has 0 unspecified atom stereocenters. The molecule has 4 heteroatoms. The lowest BCUT2D eigenvalue weighted by molar-refractivity contribution is 0.321. The second-order valence-corrected chi connectivity index (χ2v) is 5.31. The Morgan fingerprint density at radius 2 is 2.11 bits per heavy atom. The number of oxime groups is 1. The summed E-state index contributed by atoms with van der Waals surface area (Å²) in [4.78, 5) is 4.16. The van der Waals surface area contributed by atoms with Gasteiger partial charge in [-0.15, -0.1) is 0 Å². The molecule has 1 aromatic rings. The number of hydrogen-bond donors (Lipinski definition) is 1. The third-order valence-corrected chi connectivity index (χ3v) is 3.88. The Balaban J connectivity index is 1.83. The van der Waals surface area contributed by atoms with Crippen molar-refractivity contribution in [3.63, 3.8) is 0 Å². The fraction of sp³-hybridized carbons (Fsp3) is 0.600. The molecular weight excluding hydrogens is 243 g/mol. The van der Waals surface area contributed by atoms with Gasteiger partial charge in [-0.3, -0.25) is 0 Å². The van der Waals surface area contributed by atoms with E-state index in [0.717, 1.165) is 30.7 Å². The Hall–Kier alpha value is -1.45. The summed E-state index contributed by atoms with van der Waals surface area (Å²) in [5, 5.41) is 11.3. The Labute approximate surface area is 113 Å². The molecule has 0 saturated heterocycles. The predicted molar refractivity (Wildman–Crippen MR) is 73.1 cm³/mol. The fourth-order valence-corrected chi connectivity index (χ4v) is 2.83. The van der Waals surface area contributed by atoms with Crippen molar-refractivity contribution in [1.82, 2.24) is 4.98 Å². The molecule has 1 heterocycles. The molecule has 1 fully saturated rings. The van der Waals surface area contributed by atoms with Gasteiger partial charge in [-0.25, -0.2) is 9.37 Å². The third kappa shape index (κ3) is 4.30. The highest BCUT2D eigenvalue weighted by Crippen LogP contribution is 2.27. The van der Waals surface area contributed by atoms with E-state index in [9.17, 15) is 4.39 Å². The van der Waals surface area contributed by atoms with Crippen LogP contribution in [0.3, 0.4) is 0 Å². The van der Waals surface area contributed by atoms with Crippen molar-refractivity contribution in [2.75, 3.05) is 0 Å². The topological polar surface area (TPSA) is 45.5 Å². The highest BCUT2D eigenvalue weighted by Gasteiger charge is 2.13. The molecule has 0 bridgehead atoms. The number of hydrogen-bond acceptors (Lipinski definition) is 3. The lowest BCUT2D eigenvalue weighted by Gasteiger charge is -2.21. The summed E-state index contributed by atoms with van der Waals surface area (Å²) < 4.78 is 13.3. The zero-order valence-electron chi connectivity index (χ0n) is 11.2. The molecule has 0 atom stereocenters. The molecule has 0 amide bonds. The van der Waals surface area contributed by atoms with Crippen LogP contribution in [0.2, 0.25) is 0 Å². The smallest absolute Gasteiger partial charge is 0.150 e. The van der Waals surface area contributed by atoms with Gasteiger partial charge >= 0.3 is 0 Å². The quantitative estimate of drug-likeness (QED) is 0.497. The van der Waals surface area contributed by atoms with Crippen LogP contribution in [0.5, 0.6) is 0 Å². The van der Waals surface area contributed by atoms with Crippen LogP contribution in [0.1, 0.15) is 56.3 Å². The van der Waals surface area contributed by atoms with Gasteiger partial charge in [0.1, 0.15) is 5.69 Å². The van der Waals surface area contributed by atoms with Gasteiger partial charge in [-0.1, -0.05) is 43.7 Å². The van der Waals surface area contributed by atoms with Crippen molar-refractivity contribution in [1.29, 1.82) is 0 Å². The van der Waals surface area contributed by atoms with E-state index < -0.39 is 5.82 Å². The van der Waals surface area contributed by atoms with Gasteiger partial charge in [0.25, 0.3) is 0 Å². The number of rotatable bonds is 5. The van der Waals surface area contributed by atoms with E-state index in [0.29, 0.717) is 0 Å². The molecule has 1 aliphatic rings. The highest BCUT2D eigenvalue weighted by molar-refractivity contribution is 5.76. The molecule has 2 rings (SSSR count). The summed E-state index contributed by atoms with van der Waals surface area (Å²) in [5.41, 5.74) is 0.977. The van der Waals surface area contributed by atoms with E-state index in [1.54, 1.807) is 6.07 Å². The van der Waals surface area contributed by atoms with E-state index in [4.69, 9.17) is 5.21 Å². The molecule has 104 valence electrons. The zero-order valence-corrected chi connectivity index (χ0v) is 11.2. The minimum absolute atomic E-state index is 0.109. The van der Waals surface area contributed by atoms with E-state index in [1.165, 1.54) is 44.6 Å².